The lowest BCUT2D eigenvalue weighted by Crippen LogP contribution is -2.41. The maximum Gasteiger partial charge on any atom is 0.414 e. The molecule has 0 radical (unpaired) electrons. The summed E-state index contributed by atoms with van der Waals surface area (Å²) >= 11 is 0. The van der Waals surface area contributed by atoms with E-state index in [9.17, 15) is 9.59 Å². The van der Waals surface area contributed by atoms with Gasteiger partial charge in [0.15, 0.2) is 0 Å². The van der Waals surface area contributed by atoms with Crippen LogP contribution in [0.2, 0.25) is 0 Å². The van der Waals surface area contributed by atoms with Gasteiger partial charge in [-0.05, 0) is 93.6 Å². The number of nitrogens with zero attached hydrogens (tertiary/aromatic N) is 1. The quantitative estimate of drug-likeness (QED) is 0.221. The summed E-state index contributed by atoms with van der Waals surface area (Å²) in [4.78, 5) is 45.6. The first-order chi connectivity index (χ1) is 17.8. The Hall–Kier alpha value is -3.14. The van der Waals surface area contributed by atoms with Gasteiger partial charge in [-0.3, -0.25) is 14.5 Å². The lowest BCUT2D eigenvalue weighted by Gasteiger charge is -2.42. The van der Waals surface area contributed by atoms with Crippen LogP contribution in [-0.4, -0.2) is 72.2 Å². The molecule has 3 aliphatic carbocycles. The fourth-order valence-electron chi connectivity index (χ4n) is 6.54. The van der Waals surface area contributed by atoms with Crippen molar-refractivity contribution in [2.75, 3.05) is 38.6 Å². The molecule has 4 N–H and O–H groups in total. The SMILES string of the molecule is COc1ccc2c(c1)C(CCNCCCCN1C(=O)C3C4CCC(CC4)C3C1=O)CN2.O=C(O)C(=O)O. The highest BCUT2D eigenvalue weighted by molar-refractivity contribution is 6.27. The Labute approximate surface area is 216 Å². The minimum absolute atomic E-state index is 0.0136. The molecule has 5 aliphatic rings. The fraction of sp³-hybridized carbons (Fsp3) is 0.630. The Bertz CT molecular complexity index is 979. The first-order valence-electron chi connectivity index (χ1n) is 13.3. The molecule has 3 atom stereocenters. The van der Waals surface area contributed by atoms with E-state index in [1.54, 1.807) is 12.0 Å². The van der Waals surface area contributed by atoms with Crippen molar-refractivity contribution < 1.29 is 34.1 Å². The molecule has 0 spiro atoms. The molecule has 2 bridgehead atoms. The van der Waals surface area contributed by atoms with Crippen LogP contribution in [0.1, 0.15) is 56.4 Å². The van der Waals surface area contributed by atoms with Gasteiger partial charge in [0.1, 0.15) is 5.75 Å². The average molecular weight is 516 g/mol. The van der Waals surface area contributed by atoms with Gasteiger partial charge < -0.3 is 25.6 Å². The van der Waals surface area contributed by atoms with E-state index in [2.05, 4.69) is 22.8 Å². The Morgan fingerprint density at radius 1 is 1.00 bits per heavy atom. The number of carboxylic acid groups (broad SMARTS) is 2. The third-order valence-electron chi connectivity index (χ3n) is 8.40. The summed E-state index contributed by atoms with van der Waals surface area (Å²) in [7, 11) is 1.71. The van der Waals surface area contributed by atoms with Crippen molar-refractivity contribution >= 4 is 29.4 Å². The first kappa shape index (κ1) is 26.9. The number of benzene rings is 1. The molecule has 2 aliphatic heterocycles. The maximum absolute atomic E-state index is 12.9. The normalized spacial score (nSPS) is 27.2. The molecule has 3 unspecified atom stereocenters. The van der Waals surface area contributed by atoms with Gasteiger partial charge in [-0.25, -0.2) is 9.59 Å². The van der Waals surface area contributed by atoms with Crippen LogP contribution in [0.4, 0.5) is 5.69 Å². The number of unbranched alkanes of at least 4 members (excludes halogenated alkanes) is 1. The minimum Gasteiger partial charge on any atom is -0.497 e. The van der Waals surface area contributed by atoms with Crippen LogP contribution in [0.15, 0.2) is 18.2 Å². The molecule has 1 saturated heterocycles. The van der Waals surface area contributed by atoms with Crippen molar-refractivity contribution in [3.05, 3.63) is 23.8 Å². The number of rotatable bonds is 9. The van der Waals surface area contributed by atoms with Crippen LogP contribution in [0, 0.1) is 23.7 Å². The first-order valence-corrected chi connectivity index (χ1v) is 13.3. The summed E-state index contributed by atoms with van der Waals surface area (Å²) in [5.74, 6) is -0.985. The minimum atomic E-state index is -1.82. The highest BCUT2D eigenvalue weighted by Crippen LogP contribution is 2.52. The van der Waals surface area contributed by atoms with Gasteiger partial charge in [-0.2, -0.15) is 0 Å². The van der Waals surface area contributed by atoms with Crippen molar-refractivity contribution in [3.8, 4) is 5.75 Å². The van der Waals surface area contributed by atoms with E-state index in [1.165, 1.54) is 11.3 Å². The second-order valence-electron chi connectivity index (χ2n) is 10.4. The van der Waals surface area contributed by atoms with Crippen LogP contribution >= 0.6 is 0 Å². The monoisotopic (exact) mass is 515 g/mol. The number of nitrogens with one attached hydrogen (secondary N) is 2. The van der Waals surface area contributed by atoms with Crippen molar-refractivity contribution in [1.82, 2.24) is 10.2 Å². The van der Waals surface area contributed by atoms with Crippen molar-refractivity contribution in [2.45, 2.75) is 50.9 Å². The van der Waals surface area contributed by atoms with E-state index in [0.717, 1.165) is 70.3 Å². The number of carbonyl (C=O) groups is 4. The lowest BCUT2D eigenvalue weighted by molar-refractivity contribution is -0.159. The van der Waals surface area contributed by atoms with Gasteiger partial charge in [0.25, 0.3) is 0 Å². The summed E-state index contributed by atoms with van der Waals surface area (Å²) in [5.41, 5.74) is 2.57. The van der Waals surface area contributed by atoms with Gasteiger partial charge in [-0.1, -0.05) is 0 Å². The molecule has 1 aromatic carbocycles. The molecule has 2 amide bonds. The molecule has 10 heteroatoms. The molecule has 202 valence electrons. The predicted octanol–water partition coefficient (Wildman–Crippen LogP) is 2.54. The zero-order chi connectivity index (χ0) is 26.5. The number of anilines is 1. The number of methoxy groups -OCH3 is 1. The molecular formula is C27H37N3O7. The molecule has 37 heavy (non-hydrogen) atoms. The van der Waals surface area contributed by atoms with E-state index in [1.807, 2.05) is 6.07 Å². The van der Waals surface area contributed by atoms with Gasteiger partial charge in [0.2, 0.25) is 11.8 Å². The number of carboxylic acids is 2. The highest BCUT2D eigenvalue weighted by Gasteiger charge is 2.57. The zero-order valence-electron chi connectivity index (χ0n) is 21.3. The Morgan fingerprint density at radius 2 is 1.62 bits per heavy atom. The third kappa shape index (κ3) is 5.89. The van der Waals surface area contributed by atoms with E-state index in [-0.39, 0.29) is 23.7 Å². The Morgan fingerprint density at radius 3 is 2.19 bits per heavy atom. The zero-order valence-corrected chi connectivity index (χ0v) is 21.3. The van der Waals surface area contributed by atoms with Crippen LogP contribution in [0.25, 0.3) is 0 Å². The largest absolute Gasteiger partial charge is 0.497 e. The van der Waals surface area contributed by atoms with Gasteiger partial charge in [0, 0.05) is 24.7 Å². The van der Waals surface area contributed by atoms with Crippen molar-refractivity contribution in [3.63, 3.8) is 0 Å². The number of carbonyl (C=O) groups excluding carboxylic acids is 2. The summed E-state index contributed by atoms with van der Waals surface area (Å²) in [6.45, 7) is 3.48. The number of hydrogen-bond acceptors (Lipinski definition) is 7. The molecule has 1 aromatic rings. The number of imide groups is 1. The second kappa shape index (κ2) is 11.9. The van der Waals surface area contributed by atoms with Gasteiger partial charge in [0.05, 0.1) is 18.9 Å². The predicted molar refractivity (Wildman–Crippen MR) is 135 cm³/mol. The standard InChI is InChI=1S/C25H35N3O3.C2H2O4/c1-31-19-8-9-21-20(14-19)18(15-27-21)10-12-26-11-2-3-13-28-24(29)22-16-4-5-17(7-6-16)23(22)25(28)30;3-1(4)2(5)6/h8-9,14,16-18,22-23,26-27H,2-7,10-13,15H2,1H3;(H,3,4)(H,5,6). The maximum atomic E-state index is 12.9. The average Bonchev–Trinajstić information content (AvgIpc) is 3.43. The van der Waals surface area contributed by atoms with Crippen LogP contribution in [-0.2, 0) is 19.2 Å². The summed E-state index contributed by atoms with van der Waals surface area (Å²) < 4.78 is 5.37. The van der Waals surface area contributed by atoms with Crippen molar-refractivity contribution in [1.29, 1.82) is 0 Å². The van der Waals surface area contributed by atoms with Crippen molar-refractivity contribution in [2.24, 2.45) is 23.7 Å². The number of likely N-dealkylation sites (tertiary alicyclic amines) is 1. The summed E-state index contributed by atoms with van der Waals surface area (Å²) in [6.07, 6.45) is 7.57. The fourth-order valence-corrected chi connectivity index (χ4v) is 6.54. The van der Waals surface area contributed by atoms with E-state index < -0.39 is 11.9 Å². The molecule has 0 aromatic heterocycles. The van der Waals surface area contributed by atoms with E-state index in [0.29, 0.717) is 24.3 Å². The third-order valence-corrected chi connectivity index (χ3v) is 8.40. The molecule has 4 fully saturated rings. The number of amides is 2. The molecular weight excluding hydrogens is 478 g/mol. The Kier molecular flexibility index (Phi) is 8.68. The van der Waals surface area contributed by atoms with Gasteiger partial charge in [-0.15, -0.1) is 0 Å². The number of aliphatic carboxylic acids is 2. The number of ether oxygens (including phenoxy) is 1. The lowest BCUT2D eigenvalue weighted by atomic mass is 9.59. The molecule has 2 heterocycles. The van der Waals surface area contributed by atoms with Crippen LogP contribution in [0.3, 0.4) is 0 Å². The highest BCUT2D eigenvalue weighted by atomic mass is 16.5. The number of hydrogen-bond donors (Lipinski definition) is 4. The van der Waals surface area contributed by atoms with E-state index in [4.69, 9.17) is 24.5 Å². The van der Waals surface area contributed by atoms with Crippen LogP contribution in [0.5, 0.6) is 5.75 Å². The molecule has 6 rings (SSSR count). The summed E-state index contributed by atoms with van der Waals surface area (Å²) in [5, 5.41) is 21.8. The molecule has 3 saturated carbocycles. The Balaban J connectivity index is 0.000000480. The van der Waals surface area contributed by atoms with E-state index >= 15 is 0 Å². The smallest absolute Gasteiger partial charge is 0.414 e. The second-order valence-corrected chi connectivity index (χ2v) is 10.4. The summed E-state index contributed by atoms with van der Waals surface area (Å²) in [6, 6.07) is 6.25. The van der Waals surface area contributed by atoms with Gasteiger partial charge >= 0.3 is 11.9 Å². The number of fused-ring (bicyclic) bond motifs is 3. The molecule has 10 nitrogen and oxygen atoms in total. The van der Waals surface area contributed by atoms with Crippen LogP contribution < -0.4 is 15.4 Å². The topological polar surface area (TPSA) is 145 Å².